The van der Waals surface area contributed by atoms with Gasteiger partial charge in [-0.1, -0.05) is 42.5 Å². The molecule has 4 rings (SSSR count). The number of rotatable bonds is 2. The van der Waals surface area contributed by atoms with E-state index in [1.165, 1.54) is 22.8 Å². The molecule has 0 saturated carbocycles. The van der Waals surface area contributed by atoms with Crippen LogP contribution < -0.4 is 5.32 Å². The van der Waals surface area contributed by atoms with E-state index in [0.717, 1.165) is 32.2 Å². The monoisotopic (exact) mass is 253 g/mol. The fourth-order valence-electron chi connectivity index (χ4n) is 3.59. The molecule has 2 saturated heterocycles. The first-order valence-electron chi connectivity index (χ1n) is 7.16. The maximum Gasteiger partial charge on any atom is 0.0588 e. The predicted octanol–water partition coefficient (Wildman–Crippen LogP) is 2.72. The second-order valence-electron chi connectivity index (χ2n) is 5.90. The van der Waals surface area contributed by atoms with Crippen molar-refractivity contribution >= 4 is 10.8 Å². The van der Waals surface area contributed by atoms with Gasteiger partial charge in [-0.05, 0) is 41.8 Å². The Morgan fingerprint density at radius 1 is 1.05 bits per heavy atom. The van der Waals surface area contributed by atoms with Crippen LogP contribution in [-0.4, -0.2) is 26.3 Å². The fourth-order valence-corrected chi connectivity index (χ4v) is 3.59. The molecule has 2 aliphatic heterocycles. The lowest BCUT2D eigenvalue weighted by Crippen LogP contribution is -2.53. The van der Waals surface area contributed by atoms with Crippen molar-refractivity contribution in [1.29, 1.82) is 0 Å². The minimum atomic E-state index is 0.257. The molecule has 0 amide bonds. The average molecular weight is 253 g/mol. The first-order valence-corrected chi connectivity index (χ1v) is 7.16. The third-order valence-corrected chi connectivity index (χ3v) is 4.89. The van der Waals surface area contributed by atoms with Gasteiger partial charge in [-0.3, -0.25) is 0 Å². The minimum absolute atomic E-state index is 0.257. The summed E-state index contributed by atoms with van der Waals surface area (Å²) >= 11 is 0. The molecule has 2 heteroatoms. The van der Waals surface area contributed by atoms with Gasteiger partial charge >= 0.3 is 0 Å². The number of hydrogen-bond donors (Lipinski definition) is 1. The third kappa shape index (κ3) is 1.71. The van der Waals surface area contributed by atoms with Gasteiger partial charge in [-0.25, -0.2) is 0 Å². The van der Waals surface area contributed by atoms with Gasteiger partial charge in [-0.2, -0.15) is 0 Å². The van der Waals surface area contributed by atoms with Crippen LogP contribution >= 0.6 is 0 Å². The summed E-state index contributed by atoms with van der Waals surface area (Å²) < 4.78 is 5.59. The van der Waals surface area contributed by atoms with Crippen molar-refractivity contribution < 1.29 is 4.74 Å². The van der Waals surface area contributed by atoms with Crippen molar-refractivity contribution in [2.45, 2.75) is 11.8 Å². The van der Waals surface area contributed by atoms with Crippen LogP contribution in [0.3, 0.4) is 0 Å². The lowest BCUT2D eigenvalue weighted by Gasteiger charge is -2.46. The zero-order chi connectivity index (χ0) is 12.7. The number of fused-ring (bicyclic) bond motifs is 1. The molecule has 0 radical (unpaired) electrons. The van der Waals surface area contributed by atoms with Crippen LogP contribution in [0.4, 0.5) is 0 Å². The first-order chi connectivity index (χ1) is 9.38. The van der Waals surface area contributed by atoms with Crippen LogP contribution in [0, 0.1) is 5.92 Å². The Balaban J connectivity index is 1.79. The summed E-state index contributed by atoms with van der Waals surface area (Å²) in [5.74, 6) is 0.724. The number of ether oxygens (including phenoxy) is 1. The van der Waals surface area contributed by atoms with Gasteiger partial charge in [0.2, 0.25) is 0 Å². The fraction of sp³-hybridized carbons (Fsp3) is 0.412. The predicted molar refractivity (Wildman–Crippen MR) is 77.4 cm³/mol. The van der Waals surface area contributed by atoms with Crippen molar-refractivity contribution in [1.82, 2.24) is 5.32 Å². The minimum Gasteiger partial charge on any atom is -0.379 e. The molecule has 0 spiro atoms. The van der Waals surface area contributed by atoms with Gasteiger partial charge in [0.1, 0.15) is 0 Å². The SMILES string of the molecule is c1ccc2cc(C3(C4CCNC4)COC3)ccc2c1. The maximum absolute atomic E-state index is 5.59. The normalized spacial score (nSPS) is 25.4. The highest BCUT2D eigenvalue weighted by atomic mass is 16.5. The third-order valence-electron chi connectivity index (χ3n) is 4.89. The molecule has 1 unspecified atom stereocenters. The lowest BCUT2D eigenvalue weighted by molar-refractivity contribution is -0.0868. The van der Waals surface area contributed by atoms with E-state index in [1.54, 1.807) is 0 Å². The van der Waals surface area contributed by atoms with E-state index in [4.69, 9.17) is 4.74 Å². The molecule has 19 heavy (non-hydrogen) atoms. The summed E-state index contributed by atoms with van der Waals surface area (Å²) in [6.07, 6.45) is 1.27. The molecular formula is C17H19NO. The number of benzene rings is 2. The van der Waals surface area contributed by atoms with Gasteiger partial charge in [0.25, 0.3) is 0 Å². The van der Waals surface area contributed by atoms with Crippen molar-refractivity contribution in [3.8, 4) is 0 Å². The molecule has 2 heterocycles. The van der Waals surface area contributed by atoms with Crippen molar-refractivity contribution in [2.24, 2.45) is 5.92 Å². The van der Waals surface area contributed by atoms with Crippen LogP contribution in [0.2, 0.25) is 0 Å². The molecule has 0 bridgehead atoms. The zero-order valence-electron chi connectivity index (χ0n) is 11.1. The summed E-state index contributed by atoms with van der Waals surface area (Å²) in [4.78, 5) is 0. The zero-order valence-corrected chi connectivity index (χ0v) is 11.1. The van der Waals surface area contributed by atoms with E-state index in [9.17, 15) is 0 Å². The maximum atomic E-state index is 5.59. The Hall–Kier alpha value is -1.38. The van der Waals surface area contributed by atoms with E-state index in [0.29, 0.717) is 0 Å². The van der Waals surface area contributed by atoms with Crippen molar-refractivity contribution in [3.05, 3.63) is 48.0 Å². The molecule has 1 N–H and O–H groups in total. The van der Waals surface area contributed by atoms with Crippen LogP contribution in [0.1, 0.15) is 12.0 Å². The van der Waals surface area contributed by atoms with Crippen LogP contribution in [-0.2, 0) is 10.2 Å². The Morgan fingerprint density at radius 2 is 1.89 bits per heavy atom. The molecule has 2 aliphatic rings. The van der Waals surface area contributed by atoms with Crippen LogP contribution in [0.15, 0.2) is 42.5 Å². The van der Waals surface area contributed by atoms with Crippen molar-refractivity contribution in [2.75, 3.05) is 26.3 Å². The molecule has 2 fully saturated rings. The second-order valence-corrected chi connectivity index (χ2v) is 5.90. The van der Waals surface area contributed by atoms with Crippen molar-refractivity contribution in [3.63, 3.8) is 0 Å². The first kappa shape index (κ1) is 11.4. The average Bonchev–Trinajstić information content (AvgIpc) is 2.92. The standard InChI is InChI=1S/C17H19NO/c1-2-4-14-9-15(6-5-13(14)3-1)17(11-19-12-17)16-7-8-18-10-16/h1-6,9,16,18H,7-8,10-12H2. The Kier molecular flexibility index (Phi) is 2.61. The summed E-state index contributed by atoms with van der Waals surface area (Å²) in [7, 11) is 0. The van der Waals surface area contributed by atoms with Crippen LogP contribution in [0.5, 0.6) is 0 Å². The highest BCUT2D eigenvalue weighted by Crippen LogP contribution is 2.42. The largest absolute Gasteiger partial charge is 0.379 e. The van der Waals surface area contributed by atoms with Gasteiger partial charge in [0.15, 0.2) is 0 Å². The Morgan fingerprint density at radius 3 is 2.58 bits per heavy atom. The molecule has 98 valence electrons. The van der Waals surface area contributed by atoms with E-state index < -0.39 is 0 Å². The number of nitrogens with one attached hydrogen (secondary N) is 1. The molecule has 2 aromatic carbocycles. The molecule has 0 aromatic heterocycles. The molecule has 1 atom stereocenters. The van der Waals surface area contributed by atoms with Gasteiger partial charge in [0, 0.05) is 5.41 Å². The van der Waals surface area contributed by atoms with Gasteiger partial charge in [0.05, 0.1) is 13.2 Å². The number of hydrogen-bond acceptors (Lipinski definition) is 2. The Labute approximate surface area is 113 Å². The van der Waals surface area contributed by atoms with E-state index in [-0.39, 0.29) is 5.41 Å². The second kappa shape index (κ2) is 4.32. The topological polar surface area (TPSA) is 21.3 Å². The lowest BCUT2D eigenvalue weighted by atomic mass is 9.68. The molecule has 2 nitrogen and oxygen atoms in total. The molecule has 0 aliphatic carbocycles. The Bertz CT molecular complexity index is 597. The summed E-state index contributed by atoms with van der Waals surface area (Å²) in [6, 6.07) is 15.5. The van der Waals surface area contributed by atoms with E-state index in [2.05, 4.69) is 47.8 Å². The summed E-state index contributed by atoms with van der Waals surface area (Å²) in [6.45, 7) is 4.06. The highest BCUT2D eigenvalue weighted by Gasteiger charge is 2.47. The van der Waals surface area contributed by atoms with Gasteiger partial charge < -0.3 is 10.1 Å². The summed E-state index contributed by atoms with van der Waals surface area (Å²) in [5, 5.41) is 6.17. The summed E-state index contributed by atoms with van der Waals surface area (Å²) in [5.41, 5.74) is 1.72. The quantitative estimate of drug-likeness (QED) is 0.888. The van der Waals surface area contributed by atoms with Gasteiger partial charge in [-0.15, -0.1) is 0 Å². The molecular weight excluding hydrogens is 234 g/mol. The highest BCUT2D eigenvalue weighted by molar-refractivity contribution is 5.83. The van der Waals surface area contributed by atoms with E-state index >= 15 is 0 Å². The smallest absolute Gasteiger partial charge is 0.0588 e. The van der Waals surface area contributed by atoms with E-state index in [1.807, 2.05) is 0 Å². The van der Waals surface area contributed by atoms with Crippen LogP contribution in [0.25, 0.3) is 10.8 Å². The molecule has 2 aromatic rings.